The maximum absolute atomic E-state index is 13.4. The Morgan fingerprint density at radius 2 is 2.10 bits per heavy atom. The van der Waals surface area contributed by atoms with Gasteiger partial charge < -0.3 is 9.64 Å². The first-order valence-electron chi connectivity index (χ1n) is 10.1. The van der Waals surface area contributed by atoms with Gasteiger partial charge in [-0.25, -0.2) is 0 Å². The highest BCUT2D eigenvalue weighted by molar-refractivity contribution is 7.13. The van der Waals surface area contributed by atoms with Crippen LogP contribution in [0.15, 0.2) is 40.1 Å². The lowest BCUT2D eigenvalue weighted by Crippen LogP contribution is -2.54. The van der Waals surface area contributed by atoms with Gasteiger partial charge in [0.15, 0.2) is 0 Å². The van der Waals surface area contributed by atoms with Gasteiger partial charge in [0.05, 0.1) is 17.5 Å². The number of rotatable bonds is 5. The molecule has 0 saturated carbocycles. The highest BCUT2D eigenvalue weighted by atomic mass is 32.1. The number of allylic oxidation sites excluding steroid dienone is 1. The summed E-state index contributed by atoms with van der Waals surface area (Å²) in [6.45, 7) is 6.12. The number of hydrogen-bond donors (Lipinski definition) is 1. The van der Waals surface area contributed by atoms with Crippen molar-refractivity contribution in [3.8, 4) is 10.4 Å². The van der Waals surface area contributed by atoms with E-state index in [-0.39, 0.29) is 18.0 Å². The number of aliphatic imine (C=N–C) groups is 1. The number of carbonyl (C=O) groups excluding carboxylic acids is 1. The van der Waals surface area contributed by atoms with Crippen molar-refractivity contribution < 1.29 is 9.53 Å². The second-order valence-electron chi connectivity index (χ2n) is 8.13. The summed E-state index contributed by atoms with van der Waals surface area (Å²) >= 11 is 1.58. The van der Waals surface area contributed by atoms with Crippen molar-refractivity contribution in [3.05, 3.63) is 40.7 Å². The van der Waals surface area contributed by atoms with Gasteiger partial charge in [0, 0.05) is 60.3 Å². The third-order valence-electron chi connectivity index (χ3n) is 6.17. The number of piperidine rings is 1. The first kappa shape index (κ1) is 20.0. The van der Waals surface area contributed by atoms with Gasteiger partial charge in [-0.3, -0.25) is 14.9 Å². The Balaban J connectivity index is 1.60. The number of H-pyrrole nitrogens is 1. The standard InChI is InChI=1S/C22H28N4O2S/c1-5-23-20(14(2)3)22(28-4)9-17-6-7-18(10-22)26(17)21(27)15-8-19(29-13-15)16-11-24-25-12-16/h5,8,11-13,17-18H,6-7,9-10H2,1-4H3,(H,24,25). The normalized spacial score (nSPS) is 26.3. The number of carbonyl (C=O) groups is 1. The lowest BCUT2D eigenvalue weighted by molar-refractivity contribution is -0.0491. The molecule has 2 aliphatic rings. The largest absolute Gasteiger partial charge is 0.372 e. The Morgan fingerprint density at radius 1 is 1.38 bits per heavy atom. The zero-order valence-corrected chi connectivity index (χ0v) is 18.3. The minimum atomic E-state index is -0.412. The fraction of sp³-hybridized carbons (Fsp3) is 0.500. The molecule has 1 amide bonds. The zero-order chi connectivity index (χ0) is 20.6. The van der Waals surface area contributed by atoms with Crippen LogP contribution in [0.25, 0.3) is 10.4 Å². The summed E-state index contributed by atoms with van der Waals surface area (Å²) in [4.78, 5) is 21.2. The van der Waals surface area contributed by atoms with Crippen LogP contribution in [0.5, 0.6) is 0 Å². The molecule has 2 saturated heterocycles. The van der Waals surface area contributed by atoms with Gasteiger partial charge in [-0.1, -0.05) is 5.57 Å². The molecule has 2 fully saturated rings. The smallest absolute Gasteiger partial charge is 0.255 e. The molecule has 0 radical (unpaired) electrons. The molecule has 2 unspecified atom stereocenters. The van der Waals surface area contributed by atoms with Crippen LogP contribution in [0.3, 0.4) is 0 Å². The number of thiophene rings is 1. The van der Waals surface area contributed by atoms with Crippen LogP contribution < -0.4 is 0 Å². The third kappa shape index (κ3) is 3.46. The fourth-order valence-corrected chi connectivity index (χ4v) is 5.83. The van der Waals surface area contributed by atoms with E-state index in [4.69, 9.17) is 4.74 Å². The number of aromatic nitrogens is 2. The van der Waals surface area contributed by atoms with Crippen molar-refractivity contribution in [2.75, 3.05) is 7.11 Å². The van der Waals surface area contributed by atoms with Gasteiger partial charge in [0.1, 0.15) is 5.60 Å². The monoisotopic (exact) mass is 412 g/mol. The Bertz CT molecular complexity index is 926. The average Bonchev–Trinajstić information content (AvgIpc) is 3.44. The fourth-order valence-electron chi connectivity index (χ4n) is 4.96. The lowest BCUT2D eigenvalue weighted by Gasteiger charge is -2.46. The minimum absolute atomic E-state index is 0.131. The molecule has 2 aliphatic heterocycles. The first-order chi connectivity index (χ1) is 14.0. The molecule has 4 rings (SSSR count). The summed E-state index contributed by atoms with van der Waals surface area (Å²) in [5, 5.41) is 8.80. The van der Waals surface area contributed by atoms with Gasteiger partial charge in [0.25, 0.3) is 5.91 Å². The number of fused-ring (bicyclic) bond motifs is 2. The highest BCUT2D eigenvalue weighted by Gasteiger charge is 2.52. The molecule has 6 nitrogen and oxygen atoms in total. The summed E-state index contributed by atoms with van der Waals surface area (Å²) in [6.07, 6.45) is 9.10. The second-order valence-corrected chi connectivity index (χ2v) is 9.04. The van der Waals surface area contributed by atoms with E-state index in [0.29, 0.717) is 0 Å². The van der Waals surface area contributed by atoms with Crippen molar-refractivity contribution in [1.82, 2.24) is 15.1 Å². The number of methoxy groups -OCH3 is 1. The molecule has 154 valence electrons. The second kappa shape index (κ2) is 7.88. The quantitative estimate of drug-likeness (QED) is 0.725. The molecule has 29 heavy (non-hydrogen) atoms. The van der Waals surface area contributed by atoms with Crippen molar-refractivity contribution in [3.63, 3.8) is 0 Å². The molecule has 0 spiro atoms. The van der Waals surface area contributed by atoms with Crippen LogP contribution in [0, 0.1) is 0 Å². The summed E-state index contributed by atoms with van der Waals surface area (Å²) < 4.78 is 6.10. The van der Waals surface area contributed by atoms with Crippen LogP contribution >= 0.6 is 11.3 Å². The number of amides is 1. The van der Waals surface area contributed by atoms with Gasteiger partial charge in [-0.05, 0) is 39.7 Å². The molecular weight excluding hydrogens is 384 g/mol. The topological polar surface area (TPSA) is 70.6 Å². The molecule has 7 heteroatoms. The number of nitrogens with zero attached hydrogens (tertiary/aromatic N) is 3. The average molecular weight is 413 g/mol. The van der Waals surface area contributed by atoms with E-state index in [9.17, 15) is 4.79 Å². The van der Waals surface area contributed by atoms with Crippen molar-refractivity contribution in [2.45, 2.75) is 64.1 Å². The highest BCUT2D eigenvalue weighted by Crippen LogP contribution is 2.47. The van der Waals surface area contributed by atoms with Crippen LogP contribution in [-0.4, -0.2) is 52.0 Å². The molecule has 2 bridgehead atoms. The Labute approximate surface area is 175 Å². The van der Waals surface area contributed by atoms with Crippen LogP contribution in [0.2, 0.25) is 0 Å². The van der Waals surface area contributed by atoms with Crippen LogP contribution in [0.1, 0.15) is 56.8 Å². The van der Waals surface area contributed by atoms with Crippen molar-refractivity contribution in [1.29, 1.82) is 0 Å². The zero-order valence-electron chi connectivity index (χ0n) is 17.4. The minimum Gasteiger partial charge on any atom is -0.372 e. The maximum Gasteiger partial charge on any atom is 0.255 e. The Morgan fingerprint density at radius 3 is 2.66 bits per heavy atom. The van der Waals surface area contributed by atoms with Gasteiger partial charge in [0.2, 0.25) is 0 Å². The molecule has 0 aromatic carbocycles. The summed E-state index contributed by atoms with van der Waals surface area (Å²) in [5.74, 6) is 0.131. The molecule has 4 heterocycles. The SMILES string of the molecule is CC=NC(=C(C)C)C1(OC)CC2CCC(C1)N2C(=O)c1csc(-c2cn[nH]c2)c1. The van der Waals surface area contributed by atoms with E-state index in [1.165, 1.54) is 5.57 Å². The number of nitrogens with one attached hydrogen (secondary N) is 1. The van der Waals surface area contributed by atoms with E-state index in [1.807, 2.05) is 30.8 Å². The third-order valence-corrected chi connectivity index (χ3v) is 7.15. The Kier molecular flexibility index (Phi) is 5.44. The summed E-state index contributed by atoms with van der Waals surface area (Å²) in [5.41, 5.74) is 3.56. The number of aromatic amines is 1. The van der Waals surface area contributed by atoms with Gasteiger partial charge in [-0.2, -0.15) is 5.10 Å². The van der Waals surface area contributed by atoms with Crippen molar-refractivity contribution >= 4 is 23.5 Å². The number of hydrogen-bond acceptors (Lipinski definition) is 5. The lowest BCUT2D eigenvalue weighted by atomic mass is 9.81. The van der Waals surface area contributed by atoms with E-state index >= 15 is 0 Å². The molecule has 2 aromatic heterocycles. The van der Waals surface area contributed by atoms with Crippen LogP contribution in [0.4, 0.5) is 0 Å². The summed E-state index contributed by atoms with van der Waals surface area (Å²) in [6, 6.07) is 2.35. The van der Waals surface area contributed by atoms with Crippen molar-refractivity contribution in [2.24, 2.45) is 4.99 Å². The maximum atomic E-state index is 13.4. The molecule has 1 N–H and O–H groups in total. The molecule has 0 aliphatic carbocycles. The predicted molar refractivity (Wildman–Crippen MR) is 116 cm³/mol. The number of ether oxygens (including phenoxy) is 1. The van der Waals surface area contributed by atoms with Gasteiger partial charge >= 0.3 is 0 Å². The summed E-state index contributed by atoms with van der Waals surface area (Å²) in [7, 11) is 1.78. The molecular formula is C22H28N4O2S. The predicted octanol–water partition coefficient (Wildman–Crippen LogP) is 4.68. The van der Waals surface area contributed by atoms with E-state index in [0.717, 1.165) is 47.4 Å². The molecule has 2 aromatic rings. The van der Waals surface area contributed by atoms with E-state index in [1.54, 1.807) is 24.6 Å². The Hall–Kier alpha value is -2.25. The van der Waals surface area contributed by atoms with Crippen LogP contribution in [-0.2, 0) is 4.74 Å². The molecule has 2 atom stereocenters. The van der Waals surface area contributed by atoms with Gasteiger partial charge in [-0.15, -0.1) is 11.3 Å². The first-order valence-corrected chi connectivity index (χ1v) is 11.0. The van der Waals surface area contributed by atoms with E-state index < -0.39 is 5.60 Å². The van der Waals surface area contributed by atoms with E-state index in [2.05, 4.69) is 33.9 Å².